The van der Waals surface area contributed by atoms with Crippen molar-refractivity contribution in [3.63, 3.8) is 0 Å². The summed E-state index contributed by atoms with van der Waals surface area (Å²) in [4.78, 5) is 25.9. The highest BCUT2D eigenvalue weighted by molar-refractivity contribution is 5.78. The Morgan fingerprint density at radius 3 is 2.35 bits per heavy atom. The van der Waals surface area contributed by atoms with Crippen molar-refractivity contribution in [2.45, 2.75) is 135 Å². The number of carboxylic acid groups (broad SMARTS) is 1. The summed E-state index contributed by atoms with van der Waals surface area (Å²) in [5.41, 5.74) is -3.28. The zero-order valence-corrected chi connectivity index (χ0v) is 32.6. The number of allylic oxidation sites excluding steroid dienone is 2. The van der Waals surface area contributed by atoms with E-state index in [4.69, 9.17) is 9.47 Å². The van der Waals surface area contributed by atoms with Crippen molar-refractivity contribution in [3.05, 3.63) is 11.6 Å². The number of carbonyl (C=O) groups excluding carboxylic acids is 1. The number of fused-ring (bicyclic) bond motifs is 5. The molecule has 9 N–H and O–H groups in total. The van der Waals surface area contributed by atoms with Gasteiger partial charge in [-0.15, -0.1) is 0 Å². The number of hydrogen-bond donors (Lipinski definition) is 9. The number of aliphatic hydroxyl groups is 6. The van der Waals surface area contributed by atoms with Crippen LogP contribution in [0.25, 0.3) is 0 Å². The fourth-order valence-corrected chi connectivity index (χ4v) is 15.0. The SMILES string of the molecule is C[C@]1(CO)CC[C@]2(C(=O)O)CC[C@]3(C)C(=CC[C@@H]4[C@]5(C)[C@@H]6[C@H](C[C@]43C)NC[C@@]5(C[C@@H]3CNC(=O)C3)[C@@H](O)[C@@H](O[C@@H]3OC[C@@H](O)[C@H](O)[C@H]3O)[C@@]6(C)CO)[C@@H]2C1. The Kier molecular flexibility index (Phi) is 9.18. The third kappa shape index (κ3) is 4.88. The summed E-state index contributed by atoms with van der Waals surface area (Å²) in [6.45, 7) is 11.4. The lowest BCUT2D eigenvalue weighted by Crippen LogP contribution is -2.84. The monoisotopic (exact) mass is 760 g/mol. The fraction of sp³-hybridized carbons (Fsp3) is 0.902. The van der Waals surface area contributed by atoms with Gasteiger partial charge in [0.1, 0.15) is 18.3 Å². The van der Waals surface area contributed by atoms with Gasteiger partial charge in [-0.25, -0.2) is 0 Å². The van der Waals surface area contributed by atoms with Gasteiger partial charge >= 0.3 is 5.97 Å². The maximum absolute atomic E-state index is 13.2. The summed E-state index contributed by atoms with van der Waals surface area (Å²) < 4.78 is 12.3. The first-order valence-corrected chi connectivity index (χ1v) is 20.5. The van der Waals surface area contributed by atoms with Crippen LogP contribution < -0.4 is 10.6 Å². The number of rotatable bonds is 7. The van der Waals surface area contributed by atoms with E-state index in [1.165, 1.54) is 5.57 Å². The van der Waals surface area contributed by atoms with Crippen molar-refractivity contribution in [2.75, 3.05) is 32.9 Å². The summed E-state index contributed by atoms with van der Waals surface area (Å²) in [6.07, 6.45) is -0.228. The Morgan fingerprint density at radius 1 is 0.981 bits per heavy atom. The van der Waals surface area contributed by atoms with Crippen LogP contribution in [0.4, 0.5) is 0 Å². The molecular formula is C41H64N2O11. The molecule has 5 aliphatic carbocycles. The highest BCUT2D eigenvalue weighted by Crippen LogP contribution is 2.80. The normalized spacial score (nSPS) is 56.5. The lowest BCUT2D eigenvalue weighted by atomic mass is 9.27. The molecule has 0 aromatic rings. The molecule has 0 unspecified atom stereocenters. The topological polar surface area (TPSA) is 218 Å². The Balaban J connectivity index is 1.26. The van der Waals surface area contributed by atoms with Crippen molar-refractivity contribution in [1.29, 1.82) is 0 Å². The second-order valence-corrected chi connectivity index (χ2v) is 20.5. The number of aliphatic hydroxyl groups excluding tert-OH is 6. The van der Waals surface area contributed by atoms with E-state index in [0.717, 1.165) is 6.42 Å². The molecule has 0 radical (unpaired) electrons. The van der Waals surface area contributed by atoms with Crippen LogP contribution in [0.3, 0.4) is 0 Å². The molecular weight excluding hydrogens is 696 g/mol. The molecule has 4 saturated carbocycles. The van der Waals surface area contributed by atoms with Gasteiger partial charge in [-0.1, -0.05) is 46.3 Å². The number of carbonyl (C=O) groups is 2. The molecule has 3 aliphatic heterocycles. The van der Waals surface area contributed by atoms with Gasteiger partial charge in [0.15, 0.2) is 6.29 Å². The Hall–Kier alpha value is -1.68. The van der Waals surface area contributed by atoms with Crippen LogP contribution in [0.15, 0.2) is 11.6 Å². The summed E-state index contributed by atoms with van der Waals surface area (Å²) in [5.74, 6) is -1.25. The maximum atomic E-state index is 13.2. The molecule has 4 bridgehead atoms. The van der Waals surface area contributed by atoms with Crippen molar-refractivity contribution in [3.8, 4) is 0 Å². The number of aliphatic carboxylic acids is 1. The van der Waals surface area contributed by atoms with E-state index in [0.29, 0.717) is 64.5 Å². The molecule has 54 heavy (non-hydrogen) atoms. The number of ether oxygens (including phenoxy) is 2. The van der Waals surface area contributed by atoms with Crippen molar-refractivity contribution >= 4 is 11.9 Å². The van der Waals surface area contributed by atoms with Crippen LogP contribution in [0.2, 0.25) is 0 Å². The van der Waals surface area contributed by atoms with E-state index >= 15 is 0 Å². The first-order valence-electron chi connectivity index (χ1n) is 20.5. The van der Waals surface area contributed by atoms with Gasteiger partial charge in [0.2, 0.25) is 5.91 Å². The first kappa shape index (κ1) is 39.2. The molecule has 18 atom stereocenters. The number of amides is 1. The largest absolute Gasteiger partial charge is 0.481 e. The van der Waals surface area contributed by atoms with Crippen LogP contribution in [0.1, 0.15) is 92.4 Å². The van der Waals surface area contributed by atoms with Gasteiger partial charge in [-0.2, -0.15) is 0 Å². The fourth-order valence-electron chi connectivity index (χ4n) is 15.0. The number of hydrogen-bond acceptors (Lipinski definition) is 11. The zero-order valence-electron chi connectivity index (χ0n) is 32.6. The molecule has 7 fully saturated rings. The van der Waals surface area contributed by atoms with E-state index in [2.05, 4.69) is 44.4 Å². The molecule has 1 amide bonds. The van der Waals surface area contributed by atoms with Gasteiger partial charge in [-0.3, -0.25) is 9.59 Å². The highest BCUT2D eigenvalue weighted by Gasteiger charge is 2.80. The Labute approximate surface area is 318 Å². The van der Waals surface area contributed by atoms with E-state index in [1.54, 1.807) is 0 Å². The second-order valence-electron chi connectivity index (χ2n) is 20.5. The molecule has 304 valence electrons. The van der Waals surface area contributed by atoms with Crippen LogP contribution >= 0.6 is 0 Å². The zero-order chi connectivity index (χ0) is 39.0. The molecule has 3 heterocycles. The molecule has 0 aromatic heterocycles. The molecule has 13 nitrogen and oxygen atoms in total. The molecule has 0 spiro atoms. The van der Waals surface area contributed by atoms with Crippen molar-refractivity contribution in [2.24, 2.45) is 61.6 Å². The molecule has 0 aromatic carbocycles. The lowest BCUT2D eigenvalue weighted by molar-refractivity contribution is -0.370. The predicted molar refractivity (Wildman–Crippen MR) is 194 cm³/mol. The van der Waals surface area contributed by atoms with E-state index in [1.807, 2.05) is 6.92 Å². The van der Waals surface area contributed by atoms with E-state index < -0.39 is 64.4 Å². The van der Waals surface area contributed by atoms with Crippen molar-refractivity contribution < 1.29 is 54.8 Å². The average molecular weight is 761 g/mol. The molecule has 8 aliphatic rings. The standard InChI is InChI=1S/C41H64N2O11/c1-35(19-44)8-10-40(34(51)52)11-9-37(3)22(23(40)14-35)6-7-26-38(37,4)15-24-30-36(2,20-45)32(54-33-29(49)28(48)25(46)17-53-33)31(50)41(18-43-24,39(26,30)5)13-21-12-27(47)42-16-21/h6,21,23-26,28-33,43-46,48-50H,7-20H2,1-5H3,(H,42,47)(H,51,52)/t21-,23+,24+,25-,26+,28+,29-,30-,31+,32-,33+,35+,36+,37-,38-,39-,40+,41+/m1/s1. The summed E-state index contributed by atoms with van der Waals surface area (Å²) in [7, 11) is 0. The minimum Gasteiger partial charge on any atom is -0.481 e. The second kappa shape index (κ2) is 12.7. The third-order valence-corrected chi connectivity index (χ3v) is 18.2. The number of piperidine rings is 1. The van der Waals surface area contributed by atoms with Crippen molar-refractivity contribution in [1.82, 2.24) is 10.6 Å². The first-order chi connectivity index (χ1) is 25.3. The summed E-state index contributed by atoms with van der Waals surface area (Å²) >= 11 is 0. The summed E-state index contributed by atoms with van der Waals surface area (Å²) in [6, 6.07) is -0.121. The predicted octanol–water partition coefficient (Wildman–Crippen LogP) is 1.32. The van der Waals surface area contributed by atoms with Crippen LogP contribution in [0, 0.1) is 61.6 Å². The smallest absolute Gasteiger partial charge is 0.310 e. The molecule has 8 rings (SSSR count). The lowest BCUT2D eigenvalue weighted by Gasteiger charge is -2.80. The Morgan fingerprint density at radius 2 is 1.70 bits per heavy atom. The number of nitrogens with one attached hydrogen (secondary N) is 2. The molecule has 3 saturated heterocycles. The van der Waals surface area contributed by atoms with Gasteiger partial charge in [0, 0.05) is 43.0 Å². The van der Waals surface area contributed by atoms with Gasteiger partial charge in [0.05, 0.1) is 30.8 Å². The minimum absolute atomic E-state index is 0.00673. The van der Waals surface area contributed by atoms with E-state index in [-0.39, 0.29) is 71.7 Å². The third-order valence-electron chi connectivity index (χ3n) is 18.2. The van der Waals surface area contributed by atoms with Crippen LogP contribution in [-0.4, -0.2) is 123 Å². The minimum atomic E-state index is -1.58. The van der Waals surface area contributed by atoms with Crippen LogP contribution in [-0.2, 0) is 19.1 Å². The highest BCUT2D eigenvalue weighted by atomic mass is 16.7. The quantitative estimate of drug-likeness (QED) is 0.133. The van der Waals surface area contributed by atoms with Crippen LogP contribution in [0.5, 0.6) is 0 Å². The van der Waals surface area contributed by atoms with E-state index in [9.17, 15) is 45.3 Å². The maximum Gasteiger partial charge on any atom is 0.310 e. The van der Waals surface area contributed by atoms with Gasteiger partial charge < -0.3 is 55.9 Å². The van der Waals surface area contributed by atoms with Gasteiger partial charge in [-0.05, 0) is 96.7 Å². The average Bonchev–Trinajstić information content (AvgIpc) is 3.54. The molecule has 13 heteroatoms. The summed E-state index contributed by atoms with van der Waals surface area (Å²) in [5, 5.41) is 84.7. The van der Waals surface area contributed by atoms with Gasteiger partial charge in [0.25, 0.3) is 0 Å². The number of carboxylic acids is 1. The Bertz CT molecular complexity index is 1580.